The summed E-state index contributed by atoms with van der Waals surface area (Å²) in [6, 6.07) is 26.6. The van der Waals surface area contributed by atoms with Gasteiger partial charge < -0.3 is 17.0 Å². The van der Waals surface area contributed by atoms with E-state index in [4.69, 9.17) is 0 Å². The van der Waals surface area contributed by atoms with Crippen LogP contribution in [-0.4, -0.2) is 23.1 Å². The molecule has 0 N–H and O–H groups in total. The van der Waals surface area contributed by atoms with E-state index in [1.54, 1.807) is 0 Å². The van der Waals surface area contributed by atoms with Crippen molar-refractivity contribution in [2.24, 2.45) is 0 Å². The predicted molar refractivity (Wildman–Crippen MR) is 91.4 cm³/mol. The van der Waals surface area contributed by atoms with Crippen LogP contribution >= 0.6 is 0 Å². The molecule has 0 nitrogen and oxygen atoms in total. The summed E-state index contributed by atoms with van der Waals surface area (Å²) in [6.45, 7) is 4.30. The van der Waals surface area contributed by atoms with Crippen molar-refractivity contribution >= 4 is 23.1 Å². The standard InChI is InChI=1S/C20H17.BrH.Mg/c1-15-8-3-5-12-19(15)17-10-7-11-18(14-17)20-13-6-4-9-16(20)2;;/h3-6,8-14H,1-2H3;1H;/q-1;;+2/p-1. The van der Waals surface area contributed by atoms with Gasteiger partial charge >= 0.3 is 23.1 Å². The normalized spacial score (nSPS) is 9.55. The number of hydrogen-bond donors (Lipinski definition) is 0. The molecule has 0 radical (unpaired) electrons. The third-order valence-electron chi connectivity index (χ3n) is 3.70. The van der Waals surface area contributed by atoms with Gasteiger partial charge in [-0.05, 0) is 13.8 Å². The molecule has 3 aromatic carbocycles. The Morgan fingerprint density at radius 1 is 0.682 bits per heavy atom. The van der Waals surface area contributed by atoms with Crippen molar-refractivity contribution in [3.63, 3.8) is 0 Å². The van der Waals surface area contributed by atoms with Gasteiger partial charge in [-0.1, -0.05) is 70.8 Å². The Balaban J connectivity index is 0.00000121. The van der Waals surface area contributed by atoms with E-state index in [1.807, 2.05) is 0 Å². The largest absolute Gasteiger partial charge is 2.00 e. The summed E-state index contributed by atoms with van der Waals surface area (Å²) in [5, 5.41) is 0. The van der Waals surface area contributed by atoms with E-state index in [2.05, 4.69) is 86.6 Å². The smallest absolute Gasteiger partial charge is 1.00 e. The van der Waals surface area contributed by atoms with E-state index >= 15 is 0 Å². The van der Waals surface area contributed by atoms with Crippen LogP contribution in [-0.2, 0) is 0 Å². The summed E-state index contributed by atoms with van der Waals surface area (Å²) in [6.07, 6.45) is 0. The minimum absolute atomic E-state index is 0. The Morgan fingerprint density at radius 3 is 1.50 bits per heavy atom. The van der Waals surface area contributed by atoms with Crippen LogP contribution in [0.25, 0.3) is 22.3 Å². The minimum Gasteiger partial charge on any atom is -1.00 e. The fraction of sp³-hybridized carbons (Fsp3) is 0.100. The number of benzene rings is 3. The molecule has 22 heavy (non-hydrogen) atoms. The average Bonchev–Trinajstić information content (AvgIpc) is 2.48. The Bertz CT molecular complexity index is 689. The molecule has 0 aliphatic rings. The summed E-state index contributed by atoms with van der Waals surface area (Å²) >= 11 is 0. The predicted octanol–water partition coefficient (Wildman–Crippen LogP) is 2.06. The van der Waals surface area contributed by atoms with Gasteiger partial charge in [-0.25, -0.2) is 0 Å². The SMILES string of the molecule is Cc1ccccc1-c1c[c-]cc(-c2ccccc2C)c1.[Br-].[Mg+2]. The Labute approximate surface area is 159 Å². The van der Waals surface area contributed by atoms with Gasteiger partial charge in [0.25, 0.3) is 0 Å². The Hall–Kier alpha value is -1.09. The van der Waals surface area contributed by atoms with E-state index in [1.165, 1.54) is 33.4 Å². The van der Waals surface area contributed by atoms with Crippen molar-refractivity contribution in [1.29, 1.82) is 0 Å². The van der Waals surface area contributed by atoms with E-state index in [0.717, 1.165) is 0 Å². The Morgan fingerprint density at radius 2 is 1.09 bits per heavy atom. The van der Waals surface area contributed by atoms with Crippen LogP contribution < -0.4 is 17.0 Å². The van der Waals surface area contributed by atoms with Crippen LogP contribution in [0.15, 0.2) is 66.7 Å². The maximum atomic E-state index is 3.28. The van der Waals surface area contributed by atoms with E-state index in [-0.39, 0.29) is 40.0 Å². The molecular formula is C20H17BrMg. The van der Waals surface area contributed by atoms with Gasteiger partial charge in [0.05, 0.1) is 0 Å². The third-order valence-corrected chi connectivity index (χ3v) is 3.70. The molecule has 0 bridgehead atoms. The summed E-state index contributed by atoms with van der Waals surface area (Å²) in [5.74, 6) is 0. The van der Waals surface area contributed by atoms with Crippen LogP contribution in [0.5, 0.6) is 0 Å². The molecule has 0 aliphatic carbocycles. The molecule has 0 atom stereocenters. The fourth-order valence-corrected chi connectivity index (χ4v) is 2.58. The van der Waals surface area contributed by atoms with E-state index in [0.29, 0.717) is 0 Å². The molecule has 0 spiro atoms. The van der Waals surface area contributed by atoms with Crippen molar-refractivity contribution in [2.45, 2.75) is 13.8 Å². The molecule has 106 valence electrons. The maximum Gasteiger partial charge on any atom is 2.00 e. The van der Waals surface area contributed by atoms with E-state index < -0.39 is 0 Å². The zero-order valence-electron chi connectivity index (χ0n) is 12.9. The van der Waals surface area contributed by atoms with Crippen molar-refractivity contribution in [3.05, 3.63) is 83.9 Å². The number of halogens is 1. The third kappa shape index (κ3) is 4.00. The molecule has 3 aromatic rings. The molecule has 0 aliphatic heterocycles. The number of aryl methyl sites for hydroxylation is 2. The van der Waals surface area contributed by atoms with Gasteiger partial charge in [-0.15, -0.1) is 11.1 Å². The molecule has 0 amide bonds. The van der Waals surface area contributed by atoms with Crippen molar-refractivity contribution < 1.29 is 17.0 Å². The van der Waals surface area contributed by atoms with Crippen LogP contribution in [0.3, 0.4) is 0 Å². The molecule has 0 unspecified atom stereocenters. The molecule has 0 aromatic heterocycles. The molecule has 0 heterocycles. The van der Waals surface area contributed by atoms with Crippen LogP contribution in [0.2, 0.25) is 0 Å². The zero-order valence-corrected chi connectivity index (χ0v) is 15.9. The van der Waals surface area contributed by atoms with E-state index in [9.17, 15) is 0 Å². The summed E-state index contributed by atoms with van der Waals surface area (Å²) in [4.78, 5) is 0. The van der Waals surface area contributed by atoms with Gasteiger partial charge in [0.15, 0.2) is 0 Å². The quantitative estimate of drug-likeness (QED) is 0.484. The molecular weight excluding hydrogens is 344 g/mol. The van der Waals surface area contributed by atoms with Crippen molar-refractivity contribution in [1.82, 2.24) is 0 Å². The molecule has 2 heteroatoms. The summed E-state index contributed by atoms with van der Waals surface area (Å²) < 4.78 is 0. The first-order chi connectivity index (χ1) is 9.75. The second-order valence-corrected chi connectivity index (χ2v) is 5.14. The topological polar surface area (TPSA) is 0 Å². The second-order valence-electron chi connectivity index (χ2n) is 5.14. The van der Waals surface area contributed by atoms with Gasteiger partial charge in [-0.3, -0.25) is 0 Å². The second kappa shape index (κ2) is 8.52. The fourth-order valence-electron chi connectivity index (χ4n) is 2.58. The average molecular weight is 362 g/mol. The first-order valence-corrected chi connectivity index (χ1v) is 6.89. The van der Waals surface area contributed by atoms with Gasteiger partial charge in [0.2, 0.25) is 0 Å². The van der Waals surface area contributed by atoms with Crippen LogP contribution in [0, 0.1) is 19.9 Å². The van der Waals surface area contributed by atoms with Crippen molar-refractivity contribution in [3.8, 4) is 22.3 Å². The van der Waals surface area contributed by atoms with Crippen LogP contribution in [0.4, 0.5) is 0 Å². The zero-order chi connectivity index (χ0) is 13.9. The maximum absolute atomic E-state index is 3.28. The van der Waals surface area contributed by atoms with Crippen molar-refractivity contribution in [2.75, 3.05) is 0 Å². The number of rotatable bonds is 2. The summed E-state index contributed by atoms with van der Waals surface area (Å²) in [7, 11) is 0. The van der Waals surface area contributed by atoms with Gasteiger partial charge in [-0.2, -0.15) is 24.3 Å². The van der Waals surface area contributed by atoms with Gasteiger partial charge in [0.1, 0.15) is 0 Å². The first kappa shape index (κ1) is 19.0. The molecule has 0 fully saturated rings. The molecule has 0 saturated carbocycles. The monoisotopic (exact) mass is 360 g/mol. The first-order valence-electron chi connectivity index (χ1n) is 6.89. The Kier molecular flexibility index (Phi) is 7.34. The summed E-state index contributed by atoms with van der Waals surface area (Å²) in [5.41, 5.74) is 7.59. The number of hydrogen-bond acceptors (Lipinski definition) is 0. The van der Waals surface area contributed by atoms with Gasteiger partial charge in [0, 0.05) is 0 Å². The molecule has 3 rings (SSSR count). The minimum atomic E-state index is 0. The molecule has 0 saturated heterocycles. The van der Waals surface area contributed by atoms with Crippen LogP contribution in [0.1, 0.15) is 11.1 Å².